The van der Waals surface area contributed by atoms with E-state index in [1.54, 1.807) is 13.2 Å². The van der Waals surface area contributed by atoms with Gasteiger partial charge in [-0.25, -0.2) is 8.78 Å². The van der Waals surface area contributed by atoms with Crippen LogP contribution in [0.2, 0.25) is 0 Å². The number of hydrogen-bond donors (Lipinski definition) is 1. The minimum Gasteiger partial charge on any atom is -0.385 e. The molecule has 3 nitrogen and oxygen atoms in total. The number of unbranched alkanes of at least 4 members (excludes halogenated alkanes) is 1. The fourth-order valence-corrected chi connectivity index (χ4v) is 1.39. The molecule has 0 bridgehead atoms. The van der Waals surface area contributed by atoms with E-state index in [4.69, 9.17) is 10.00 Å². The van der Waals surface area contributed by atoms with E-state index in [-0.39, 0.29) is 11.3 Å². The highest BCUT2D eigenvalue weighted by Crippen LogP contribution is 2.20. The van der Waals surface area contributed by atoms with Crippen LogP contribution in [0.5, 0.6) is 0 Å². The van der Waals surface area contributed by atoms with E-state index in [0.717, 1.165) is 25.0 Å². The monoisotopic (exact) mass is 240 g/mol. The number of methoxy groups -OCH3 is 1. The number of nitrogens with zero attached hydrogens (tertiary/aromatic N) is 1. The van der Waals surface area contributed by atoms with E-state index >= 15 is 0 Å². The minimum absolute atomic E-state index is 0.0232. The standard InChI is InChI=1S/C12H14F2N2O/c1-17-5-3-2-4-16-12-10(13)6-9(8-15)7-11(12)14/h6-7,16H,2-5H2,1H3. The highest BCUT2D eigenvalue weighted by Gasteiger charge is 2.10. The second-order valence-electron chi connectivity index (χ2n) is 3.55. The third-order valence-electron chi connectivity index (χ3n) is 2.25. The largest absolute Gasteiger partial charge is 0.385 e. The SMILES string of the molecule is COCCCCNc1c(F)cc(C#N)cc1F. The summed E-state index contributed by atoms with van der Waals surface area (Å²) in [6.45, 7) is 1.09. The average Bonchev–Trinajstić information content (AvgIpc) is 2.31. The Labute approximate surface area is 99.0 Å². The van der Waals surface area contributed by atoms with Crippen molar-refractivity contribution in [1.29, 1.82) is 5.26 Å². The van der Waals surface area contributed by atoms with Gasteiger partial charge in [-0.1, -0.05) is 0 Å². The van der Waals surface area contributed by atoms with Gasteiger partial charge >= 0.3 is 0 Å². The molecule has 0 aliphatic heterocycles. The molecule has 0 atom stereocenters. The van der Waals surface area contributed by atoms with Gasteiger partial charge in [-0.2, -0.15) is 5.26 Å². The fraction of sp³-hybridized carbons (Fsp3) is 0.417. The number of nitrogens with one attached hydrogen (secondary N) is 1. The predicted molar refractivity (Wildman–Crippen MR) is 60.7 cm³/mol. The second kappa shape index (κ2) is 6.81. The topological polar surface area (TPSA) is 45.0 Å². The average molecular weight is 240 g/mol. The van der Waals surface area contributed by atoms with Crippen molar-refractivity contribution in [2.75, 3.05) is 25.6 Å². The van der Waals surface area contributed by atoms with Crippen molar-refractivity contribution < 1.29 is 13.5 Å². The van der Waals surface area contributed by atoms with Crippen molar-refractivity contribution in [2.45, 2.75) is 12.8 Å². The first-order chi connectivity index (χ1) is 8.19. The first kappa shape index (κ1) is 13.4. The Hall–Kier alpha value is -1.67. The Kier molecular flexibility index (Phi) is 5.37. The van der Waals surface area contributed by atoms with E-state index < -0.39 is 11.6 Å². The number of halogens is 2. The smallest absolute Gasteiger partial charge is 0.150 e. The van der Waals surface area contributed by atoms with Crippen LogP contribution >= 0.6 is 0 Å². The van der Waals surface area contributed by atoms with Gasteiger partial charge in [0.1, 0.15) is 5.69 Å². The van der Waals surface area contributed by atoms with Crippen molar-refractivity contribution in [3.05, 3.63) is 29.3 Å². The van der Waals surface area contributed by atoms with Crippen molar-refractivity contribution in [3.8, 4) is 6.07 Å². The van der Waals surface area contributed by atoms with Crippen LogP contribution in [0.4, 0.5) is 14.5 Å². The first-order valence-corrected chi connectivity index (χ1v) is 5.31. The maximum Gasteiger partial charge on any atom is 0.150 e. The zero-order valence-electron chi connectivity index (χ0n) is 9.59. The molecule has 1 aromatic carbocycles. The molecule has 0 unspecified atom stereocenters. The first-order valence-electron chi connectivity index (χ1n) is 5.31. The fourth-order valence-electron chi connectivity index (χ4n) is 1.39. The molecule has 0 aromatic heterocycles. The zero-order valence-corrected chi connectivity index (χ0v) is 9.59. The van der Waals surface area contributed by atoms with Crippen LogP contribution in [0.15, 0.2) is 12.1 Å². The lowest BCUT2D eigenvalue weighted by atomic mass is 10.2. The number of hydrogen-bond acceptors (Lipinski definition) is 3. The number of benzene rings is 1. The summed E-state index contributed by atoms with van der Waals surface area (Å²) in [4.78, 5) is 0. The highest BCUT2D eigenvalue weighted by atomic mass is 19.1. The summed E-state index contributed by atoms with van der Waals surface area (Å²) in [6, 6.07) is 3.72. The van der Waals surface area contributed by atoms with Gasteiger partial charge in [0.05, 0.1) is 11.6 Å². The molecule has 0 saturated carbocycles. The Balaban J connectivity index is 2.57. The number of rotatable bonds is 6. The molecule has 0 heterocycles. The molecule has 92 valence electrons. The van der Waals surface area contributed by atoms with Crippen molar-refractivity contribution in [3.63, 3.8) is 0 Å². The van der Waals surface area contributed by atoms with Gasteiger partial charge in [-0.15, -0.1) is 0 Å². The van der Waals surface area contributed by atoms with E-state index in [2.05, 4.69) is 5.32 Å². The summed E-state index contributed by atoms with van der Waals surface area (Å²) in [5, 5.41) is 11.2. The zero-order chi connectivity index (χ0) is 12.7. The van der Waals surface area contributed by atoms with Crippen LogP contribution in [-0.4, -0.2) is 20.3 Å². The number of ether oxygens (including phenoxy) is 1. The molecule has 0 fully saturated rings. The van der Waals surface area contributed by atoms with Crippen LogP contribution < -0.4 is 5.32 Å². The highest BCUT2D eigenvalue weighted by molar-refractivity contribution is 5.50. The summed E-state index contributed by atoms with van der Waals surface area (Å²) in [5.74, 6) is -1.48. The quantitative estimate of drug-likeness (QED) is 0.777. The van der Waals surface area contributed by atoms with Gasteiger partial charge in [-0.05, 0) is 25.0 Å². The maximum absolute atomic E-state index is 13.4. The maximum atomic E-state index is 13.4. The Morgan fingerprint density at radius 3 is 2.47 bits per heavy atom. The second-order valence-corrected chi connectivity index (χ2v) is 3.55. The van der Waals surface area contributed by atoms with Crippen molar-refractivity contribution >= 4 is 5.69 Å². The predicted octanol–water partition coefficient (Wildman–Crippen LogP) is 2.67. The Morgan fingerprint density at radius 2 is 1.94 bits per heavy atom. The summed E-state index contributed by atoms with van der Waals surface area (Å²) in [5.41, 5.74) is -0.202. The van der Waals surface area contributed by atoms with E-state index in [1.807, 2.05) is 0 Å². The van der Waals surface area contributed by atoms with Crippen molar-refractivity contribution in [1.82, 2.24) is 0 Å². The van der Waals surface area contributed by atoms with Gasteiger partial charge in [0, 0.05) is 20.3 Å². The minimum atomic E-state index is -0.742. The summed E-state index contributed by atoms with van der Waals surface area (Å²) in [7, 11) is 1.60. The van der Waals surface area contributed by atoms with Crippen molar-refractivity contribution in [2.24, 2.45) is 0 Å². The van der Waals surface area contributed by atoms with Gasteiger partial charge < -0.3 is 10.1 Å². The molecule has 0 amide bonds. The molecule has 0 aliphatic carbocycles. The molecule has 17 heavy (non-hydrogen) atoms. The molecule has 1 aromatic rings. The van der Waals surface area contributed by atoms with Gasteiger partial charge in [-0.3, -0.25) is 0 Å². The van der Waals surface area contributed by atoms with E-state index in [0.29, 0.717) is 13.2 Å². The van der Waals surface area contributed by atoms with Gasteiger partial charge in [0.2, 0.25) is 0 Å². The lowest BCUT2D eigenvalue weighted by Crippen LogP contribution is -2.07. The Bertz CT molecular complexity index is 392. The molecule has 0 saturated heterocycles. The number of nitriles is 1. The molecule has 0 spiro atoms. The molecule has 1 N–H and O–H groups in total. The van der Waals surface area contributed by atoms with Crippen LogP contribution in [0, 0.1) is 23.0 Å². The molecular formula is C12H14F2N2O. The summed E-state index contributed by atoms with van der Waals surface area (Å²) >= 11 is 0. The van der Waals surface area contributed by atoms with Gasteiger partial charge in [0.15, 0.2) is 11.6 Å². The van der Waals surface area contributed by atoms with Gasteiger partial charge in [0.25, 0.3) is 0 Å². The van der Waals surface area contributed by atoms with Crippen LogP contribution in [0.1, 0.15) is 18.4 Å². The normalized spacial score (nSPS) is 10.0. The lowest BCUT2D eigenvalue weighted by molar-refractivity contribution is 0.193. The third kappa shape index (κ3) is 4.00. The van der Waals surface area contributed by atoms with E-state index in [1.165, 1.54) is 0 Å². The molecule has 0 radical (unpaired) electrons. The third-order valence-corrected chi connectivity index (χ3v) is 2.25. The Morgan fingerprint density at radius 1 is 1.29 bits per heavy atom. The molecule has 5 heteroatoms. The summed E-state index contributed by atoms with van der Waals surface area (Å²) < 4.78 is 31.6. The van der Waals surface area contributed by atoms with Crippen LogP contribution in [0.3, 0.4) is 0 Å². The molecule has 1 rings (SSSR count). The van der Waals surface area contributed by atoms with Crippen LogP contribution in [-0.2, 0) is 4.74 Å². The van der Waals surface area contributed by atoms with E-state index in [9.17, 15) is 8.78 Å². The number of anilines is 1. The molecule has 0 aliphatic rings. The lowest BCUT2D eigenvalue weighted by Gasteiger charge is -2.08. The molecular weight excluding hydrogens is 226 g/mol. The summed E-state index contributed by atoms with van der Waals surface area (Å²) in [6.07, 6.45) is 1.58. The van der Waals surface area contributed by atoms with Crippen LogP contribution in [0.25, 0.3) is 0 Å².